The lowest BCUT2D eigenvalue weighted by atomic mass is 9.99. The van der Waals surface area contributed by atoms with Crippen molar-refractivity contribution in [2.45, 2.75) is 38.8 Å². The van der Waals surface area contributed by atoms with Gasteiger partial charge in [0.2, 0.25) is 0 Å². The molecule has 2 aliphatic rings. The summed E-state index contributed by atoms with van der Waals surface area (Å²) in [6.45, 7) is 1.05. The Balaban J connectivity index is 1.58. The highest BCUT2D eigenvalue weighted by Crippen LogP contribution is 2.30. The molecule has 1 amide bonds. The van der Waals surface area contributed by atoms with E-state index in [1.807, 2.05) is 35.0 Å². The van der Waals surface area contributed by atoms with E-state index in [1.165, 1.54) is 5.56 Å². The molecule has 6 nitrogen and oxygen atoms in total. The molecule has 0 bridgehead atoms. The highest BCUT2D eigenvalue weighted by Gasteiger charge is 2.28. The van der Waals surface area contributed by atoms with Crippen LogP contribution in [0.3, 0.4) is 0 Å². The molecule has 6 heteroatoms. The van der Waals surface area contributed by atoms with Gasteiger partial charge in [0.15, 0.2) is 5.76 Å². The largest absolute Gasteiger partial charge is 0.456 e. The monoisotopic (exact) mass is 334 g/mol. The molecule has 0 saturated carbocycles. The topological polar surface area (TPSA) is 64.2 Å². The number of aromatic nitrogens is 3. The van der Waals surface area contributed by atoms with Crippen LogP contribution >= 0.6 is 0 Å². The maximum atomic E-state index is 13.2. The highest BCUT2D eigenvalue weighted by molar-refractivity contribution is 6.04. The van der Waals surface area contributed by atoms with Crippen molar-refractivity contribution < 1.29 is 9.21 Å². The Hall–Kier alpha value is -2.89. The lowest BCUT2D eigenvalue weighted by Crippen LogP contribution is -2.30. The fraction of sp³-hybridized carbons (Fsp3) is 0.316. The Kier molecular flexibility index (Phi) is 3.23. The first kappa shape index (κ1) is 14.5. The summed E-state index contributed by atoms with van der Waals surface area (Å²) in [5.74, 6) is 1.31. The number of aryl methyl sites for hydroxylation is 2. The molecule has 1 aliphatic heterocycles. The van der Waals surface area contributed by atoms with Crippen LogP contribution in [0.4, 0.5) is 5.69 Å². The summed E-state index contributed by atoms with van der Waals surface area (Å²) < 4.78 is 7.76. The first-order chi connectivity index (χ1) is 12.3. The molecule has 5 rings (SSSR count). The second-order valence-electron chi connectivity index (χ2n) is 6.67. The first-order valence-electron chi connectivity index (χ1n) is 8.68. The van der Waals surface area contributed by atoms with Crippen molar-refractivity contribution in [3.8, 4) is 0 Å². The van der Waals surface area contributed by atoms with Gasteiger partial charge in [-0.3, -0.25) is 9.69 Å². The number of hydrogen-bond acceptors (Lipinski definition) is 4. The molecule has 3 heterocycles. The summed E-state index contributed by atoms with van der Waals surface area (Å²) in [6, 6.07) is 9.88. The molecule has 0 N–H and O–H groups in total. The minimum atomic E-state index is -0.100. The molecule has 0 unspecified atom stereocenters. The van der Waals surface area contributed by atoms with Crippen molar-refractivity contribution in [3.63, 3.8) is 0 Å². The SMILES string of the molecule is O=C(c1cc2c(o1)CCCC2)N1Cc2cnnn2Cc2ccccc21. The van der Waals surface area contributed by atoms with Crippen molar-refractivity contribution in [3.05, 3.63) is 64.9 Å². The van der Waals surface area contributed by atoms with E-state index in [0.29, 0.717) is 18.8 Å². The van der Waals surface area contributed by atoms with E-state index in [0.717, 1.165) is 48.4 Å². The van der Waals surface area contributed by atoms with Crippen molar-refractivity contribution in [2.75, 3.05) is 4.90 Å². The van der Waals surface area contributed by atoms with Crippen molar-refractivity contribution in [1.29, 1.82) is 0 Å². The fourth-order valence-corrected chi connectivity index (χ4v) is 3.76. The van der Waals surface area contributed by atoms with Crippen LogP contribution < -0.4 is 4.90 Å². The Morgan fingerprint density at radius 2 is 1.96 bits per heavy atom. The standard InChI is InChI=1S/C19H18N4O2/c24-19(18-9-13-5-2-4-8-17(13)25-18)22-12-15-10-20-21-23(15)11-14-6-1-3-7-16(14)22/h1,3,6-7,9-10H,2,4-5,8,11-12H2. The minimum absolute atomic E-state index is 0.100. The van der Waals surface area contributed by atoms with Gasteiger partial charge in [-0.1, -0.05) is 23.4 Å². The minimum Gasteiger partial charge on any atom is -0.456 e. The van der Waals surface area contributed by atoms with Gasteiger partial charge in [0.25, 0.3) is 5.91 Å². The second-order valence-corrected chi connectivity index (χ2v) is 6.67. The number of fused-ring (bicyclic) bond motifs is 3. The van der Waals surface area contributed by atoms with Gasteiger partial charge in [-0.15, -0.1) is 5.10 Å². The molecule has 0 radical (unpaired) electrons. The number of hydrogen-bond donors (Lipinski definition) is 0. The van der Waals surface area contributed by atoms with Gasteiger partial charge >= 0.3 is 0 Å². The summed E-state index contributed by atoms with van der Waals surface area (Å²) >= 11 is 0. The lowest BCUT2D eigenvalue weighted by Gasteiger charge is -2.21. The van der Waals surface area contributed by atoms with Crippen molar-refractivity contribution in [1.82, 2.24) is 15.0 Å². The third-order valence-electron chi connectivity index (χ3n) is 5.07. The molecule has 25 heavy (non-hydrogen) atoms. The molecule has 126 valence electrons. The third-order valence-corrected chi connectivity index (χ3v) is 5.07. The average Bonchev–Trinajstić information content (AvgIpc) is 3.23. The van der Waals surface area contributed by atoms with E-state index in [9.17, 15) is 4.79 Å². The molecule has 3 aromatic rings. The summed E-state index contributed by atoms with van der Waals surface area (Å²) in [7, 11) is 0. The number of benzene rings is 1. The third kappa shape index (κ3) is 2.36. The van der Waals surface area contributed by atoms with Crippen LogP contribution in [0.1, 0.15) is 46.0 Å². The summed E-state index contributed by atoms with van der Waals surface area (Å²) in [6.07, 6.45) is 5.94. The van der Waals surface area contributed by atoms with Crippen LogP contribution in [0.15, 0.2) is 40.9 Å². The van der Waals surface area contributed by atoms with E-state index in [1.54, 1.807) is 11.1 Å². The summed E-state index contributed by atoms with van der Waals surface area (Å²) in [5, 5.41) is 8.13. The Bertz CT molecular complexity index is 932. The fourth-order valence-electron chi connectivity index (χ4n) is 3.76. The van der Waals surface area contributed by atoms with Crippen molar-refractivity contribution >= 4 is 11.6 Å². The molecule has 0 fully saturated rings. The Morgan fingerprint density at radius 1 is 1.08 bits per heavy atom. The number of para-hydroxylation sites is 1. The molecular weight excluding hydrogens is 316 g/mol. The molecule has 0 atom stereocenters. The zero-order chi connectivity index (χ0) is 16.8. The van der Waals surface area contributed by atoms with Crippen LogP contribution in [0.25, 0.3) is 0 Å². The van der Waals surface area contributed by atoms with Gasteiger partial charge in [0, 0.05) is 12.1 Å². The number of carbonyl (C=O) groups excluding carboxylic acids is 1. The Labute approximate surface area is 145 Å². The first-order valence-corrected chi connectivity index (χ1v) is 8.68. The van der Waals surface area contributed by atoms with Crippen LogP contribution in [0.5, 0.6) is 0 Å². The smallest absolute Gasteiger partial charge is 0.294 e. The number of rotatable bonds is 1. The number of anilines is 1. The van der Waals surface area contributed by atoms with Gasteiger partial charge in [-0.2, -0.15) is 0 Å². The average molecular weight is 334 g/mol. The number of amides is 1. The van der Waals surface area contributed by atoms with Gasteiger partial charge in [-0.25, -0.2) is 4.68 Å². The summed E-state index contributed by atoms with van der Waals surface area (Å²) in [5.41, 5.74) is 4.06. The predicted octanol–water partition coefficient (Wildman–Crippen LogP) is 2.96. The normalized spacial score (nSPS) is 15.9. The van der Waals surface area contributed by atoms with Crippen LogP contribution in [-0.4, -0.2) is 20.9 Å². The summed E-state index contributed by atoms with van der Waals surface area (Å²) in [4.78, 5) is 15.0. The van der Waals surface area contributed by atoms with Gasteiger partial charge in [0.05, 0.1) is 25.0 Å². The lowest BCUT2D eigenvalue weighted by molar-refractivity contribution is 0.0956. The molecule has 0 saturated heterocycles. The molecule has 1 aromatic carbocycles. The van der Waals surface area contributed by atoms with E-state index in [2.05, 4.69) is 10.3 Å². The van der Waals surface area contributed by atoms with E-state index in [-0.39, 0.29) is 5.91 Å². The van der Waals surface area contributed by atoms with E-state index < -0.39 is 0 Å². The molecule has 0 spiro atoms. The predicted molar refractivity (Wildman–Crippen MR) is 91.4 cm³/mol. The molecule has 2 aromatic heterocycles. The van der Waals surface area contributed by atoms with Crippen molar-refractivity contribution in [2.24, 2.45) is 0 Å². The maximum Gasteiger partial charge on any atom is 0.294 e. The Morgan fingerprint density at radius 3 is 2.88 bits per heavy atom. The number of nitrogens with zero attached hydrogens (tertiary/aromatic N) is 4. The maximum absolute atomic E-state index is 13.2. The van der Waals surface area contributed by atoms with Crippen LogP contribution in [-0.2, 0) is 25.9 Å². The van der Waals surface area contributed by atoms with Crippen LogP contribution in [0, 0.1) is 0 Å². The second kappa shape index (κ2) is 5.58. The van der Waals surface area contributed by atoms with Gasteiger partial charge in [-0.05, 0) is 42.5 Å². The van der Waals surface area contributed by atoms with Gasteiger partial charge < -0.3 is 4.42 Å². The van der Waals surface area contributed by atoms with E-state index in [4.69, 9.17) is 4.42 Å². The molecule has 1 aliphatic carbocycles. The van der Waals surface area contributed by atoms with Crippen LogP contribution in [0.2, 0.25) is 0 Å². The quantitative estimate of drug-likeness (QED) is 0.686. The number of carbonyl (C=O) groups is 1. The number of furan rings is 1. The zero-order valence-electron chi connectivity index (χ0n) is 13.8. The zero-order valence-corrected chi connectivity index (χ0v) is 13.8. The van der Waals surface area contributed by atoms with E-state index >= 15 is 0 Å². The highest BCUT2D eigenvalue weighted by atomic mass is 16.4. The molecular formula is C19H18N4O2. The van der Waals surface area contributed by atoms with Gasteiger partial charge in [0.1, 0.15) is 5.76 Å².